The zero-order valence-corrected chi connectivity index (χ0v) is 12.2. The van der Waals surface area contributed by atoms with Crippen molar-refractivity contribution in [3.8, 4) is 0 Å². The lowest BCUT2D eigenvalue weighted by Gasteiger charge is -2.32. The van der Waals surface area contributed by atoms with Crippen LogP contribution in [-0.4, -0.2) is 24.0 Å². The summed E-state index contributed by atoms with van der Waals surface area (Å²) in [7, 11) is 0. The molecule has 1 aromatic rings. The van der Waals surface area contributed by atoms with Crippen molar-refractivity contribution >= 4 is 11.6 Å². The van der Waals surface area contributed by atoms with Crippen LogP contribution in [0.2, 0.25) is 5.02 Å². The van der Waals surface area contributed by atoms with Gasteiger partial charge in [0.15, 0.2) is 0 Å². The van der Waals surface area contributed by atoms with E-state index in [1.165, 1.54) is 18.9 Å². The van der Waals surface area contributed by atoms with E-state index < -0.39 is 0 Å². The molecule has 1 aromatic carbocycles. The third kappa shape index (κ3) is 3.47. The molecule has 0 spiro atoms. The van der Waals surface area contributed by atoms with E-state index in [4.69, 9.17) is 17.3 Å². The van der Waals surface area contributed by atoms with Crippen LogP contribution in [0.3, 0.4) is 0 Å². The summed E-state index contributed by atoms with van der Waals surface area (Å²) in [6, 6.07) is 5.25. The van der Waals surface area contributed by atoms with E-state index in [1.807, 2.05) is 0 Å². The van der Waals surface area contributed by atoms with Crippen molar-refractivity contribution in [2.45, 2.75) is 38.8 Å². The Bertz CT molecular complexity index is 425. The third-order valence-corrected chi connectivity index (χ3v) is 4.41. The molecule has 2 unspecified atom stereocenters. The van der Waals surface area contributed by atoms with Crippen LogP contribution in [-0.2, 0) is 6.54 Å². The smallest absolute Gasteiger partial charge is 0.127 e. The molecule has 0 amide bonds. The van der Waals surface area contributed by atoms with E-state index in [9.17, 15) is 4.39 Å². The Balaban J connectivity index is 2.12. The van der Waals surface area contributed by atoms with Crippen LogP contribution in [0.5, 0.6) is 0 Å². The second kappa shape index (κ2) is 6.69. The Morgan fingerprint density at radius 1 is 1.42 bits per heavy atom. The molecule has 0 radical (unpaired) electrons. The van der Waals surface area contributed by atoms with Crippen LogP contribution in [0.15, 0.2) is 18.2 Å². The minimum absolute atomic E-state index is 0.176. The third-order valence-electron chi connectivity index (χ3n) is 4.18. The first-order chi connectivity index (χ1) is 9.15. The zero-order chi connectivity index (χ0) is 13.8. The fraction of sp³-hybridized carbons (Fsp3) is 0.600. The fourth-order valence-electron chi connectivity index (χ4n) is 3.12. The molecular formula is C15H22ClFN2. The van der Waals surface area contributed by atoms with Gasteiger partial charge < -0.3 is 5.73 Å². The van der Waals surface area contributed by atoms with Crippen molar-refractivity contribution in [2.75, 3.05) is 13.1 Å². The minimum atomic E-state index is -0.176. The molecule has 1 fully saturated rings. The molecular weight excluding hydrogens is 263 g/mol. The summed E-state index contributed by atoms with van der Waals surface area (Å²) in [6.07, 6.45) is 3.58. The van der Waals surface area contributed by atoms with E-state index in [2.05, 4.69) is 11.8 Å². The molecule has 0 saturated heterocycles. The van der Waals surface area contributed by atoms with E-state index in [1.54, 1.807) is 12.1 Å². The van der Waals surface area contributed by atoms with Gasteiger partial charge in [-0.1, -0.05) is 24.9 Å². The molecule has 0 bridgehead atoms. The molecule has 19 heavy (non-hydrogen) atoms. The highest BCUT2D eigenvalue weighted by Gasteiger charge is 2.30. The van der Waals surface area contributed by atoms with Gasteiger partial charge in [0.25, 0.3) is 0 Å². The van der Waals surface area contributed by atoms with Gasteiger partial charge in [0.1, 0.15) is 5.82 Å². The molecule has 1 aliphatic carbocycles. The Kier molecular flexibility index (Phi) is 5.20. The molecule has 1 saturated carbocycles. The van der Waals surface area contributed by atoms with Crippen molar-refractivity contribution in [1.82, 2.24) is 4.90 Å². The van der Waals surface area contributed by atoms with Crippen molar-refractivity contribution < 1.29 is 4.39 Å². The second-order valence-electron chi connectivity index (χ2n) is 5.29. The van der Waals surface area contributed by atoms with Gasteiger partial charge in [0.2, 0.25) is 0 Å². The standard InChI is InChI=1S/C15H22ClFN2/c1-2-19(15-5-3-4-11(15)9-18)10-12-8-13(16)6-7-14(12)17/h6-8,11,15H,2-5,9-10,18H2,1H3. The predicted molar refractivity (Wildman–Crippen MR) is 77.7 cm³/mol. The summed E-state index contributed by atoms with van der Waals surface area (Å²) in [5.74, 6) is 0.368. The highest BCUT2D eigenvalue weighted by molar-refractivity contribution is 6.30. The quantitative estimate of drug-likeness (QED) is 0.898. The number of hydrogen-bond donors (Lipinski definition) is 1. The molecule has 2 rings (SSSR count). The molecule has 0 heterocycles. The number of nitrogens with two attached hydrogens (primary N) is 1. The molecule has 2 N–H and O–H groups in total. The highest BCUT2D eigenvalue weighted by atomic mass is 35.5. The molecule has 0 aliphatic heterocycles. The van der Waals surface area contributed by atoms with Crippen LogP contribution in [0.25, 0.3) is 0 Å². The van der Waals surface area contributed by atoms with Crippen molar-refractivity contribution in [2.24, 2.45) is 11.7 Å². The summed E-state index contributed by atoms with van der Waals surface area (Å²) in [4.78, 5) is 2.33. The van der Waals surface area contributed by atoms with Gasteiger partial charge >= 0.3 is 0 Å². The molecule has 0 aromatic heterocycles. The van der Waals surface area contributed by atoms with Gasteiger partial charge in [-0.05, 0) is 50.0 Å². The average molecular weight is 285 g/mol. The Labute approximate surface area is 119 Å². The summed E-state index contributed by atoms with van der Waals surface area (Å²) in [5.41, 5.74) is 6.52. The first-order valence-electron chi connectivity index (χ1n) is 7.03. The lowest BCUT2D eigenvalue weighted by molar-refractivity contribution is 0.160. The number of rotatable bonds is 5. The van der Waals surface area contributed by atoms with Crippen molar-refractivity contribution in [3.05, 3.63) is 34.6 Å². The van der Waals surface area contributed by atoms with Gasteiger partial charge in [0.05, 0.1) is 0 Å². The van der Waals surface area contributed by atoms with E-state index in [0.29, 0.717) is 29.1 Å². The molecule has 1 aliphatic rings. The van der Waals surface area contributed by atoms with Crippen LogP contribution in [0, 0.1) is 11.7 Å². The van der Waals surface area contributed by atoms with Crippen LogP contribution in [0.4, 0.5) is 4.39 Å². The summed E-state index contributed by atoms with van der Waals surface area (Å²) >= 11 is 5.95. The van der Waals surface area contributed by atoms with Gasteiger partial charge in [-0.3, -0.25) is 4.90 Å². The summed E-state index contributed by atoms with van der Waals surface area (Å²) in [6.45, 7) is 4.37. The lowest BCUT2D eigenvalue weighted by atomic mass is 10.0. The monoisotopic (exact) mass is 284 g/mol. The van der Waals surface area contributed by atoms with E-state index in [-0.39, 0.29) is 5.82 Å². The van der Waals surface area contributed by atoms with Crippen molar-refractivity contribution in [3.63, 3.8) is 0 Å². The minimum Gasteiger partial charge on any atom is -0.330 e. The Hall–Kier alpha value is -0.640. The van der Waals surface area contributed by atoms with E-state index >= 15 is 0 Å². The fourth-order valence-corrected chi connectivity index (χ4v) is 3.31. The Morgan fingerprint density at radius 2 is 2.21 bits per heavy atom. The number of hydrogen-bond acceptors (Lipinski definition) is 2. The van der Waals surface area contributed by atoms with Gasteiger partial charge in [-0.15, -0.1) is 0 Å². The number of halogens is 2. The summed E-state index contributed by atoms with van der Waals surface area (Å²) < 4.78 is 13.8. The first-order valence-corrected chi connectivity index (χ1v) is 7.41. The maximum atomic E-state index is 13.8. The maximum Gasteiger partial charge on any atom is 0.127 e. The van der Waals surface area contributed by atoms with Gasteiger partial charge in [-0.2, -0.15) is 0 Å². The largest absolute Gasteiger partial charge is 0.330 e. The Morgan fingerprint density at radius 3 is 2.89 bits per heavy atom. The van der Waals surface area contributed by atoms with Crippen LogP contribution >= 0.6 is 11.6 Å². The topological polar surface area (TPSA) is 29.3 Å². The van der Waals surface area contributed by atoms with Gasteiger partial charge in [0, 0.05) is 23.2 Å². The molecule has 106 valence electrons. The predicted octanol–water partition coefficient (Wildman–Crippen LogP) is 3.43. The van der Waals surface area contributed by atoms with Gasteiger partial charge in [-0.25, -0.2) is 4.39 Å². The summed E-state index contributed by atoms with van der Waals surface area (Å²) in [5, 5.41) is 0.592. The molecule has 4 heteroatoms. The number of nitrogens with zero attached hydrogens (tertiary/aromatic N) is 1. The molecule has 2 atom stereocenters. The zero-order valence-electron chi connectivity index (χ0n) is 11.4. The molecule has 2 nitrogen and oxygen atoms in total. The van der Waals surface area contributed by atoms with Crippen LogP contribution < -0.4 is 5.73 Å². The first kappa shape index (κ1) is 14.8. The highest BCUT2D eigenvalue weighted by Crippen LogP contribution is 2.30. The second-order valence-corrected chi connectivity index (χ2v) is 5.73. The maximum absolute atomic E-state index is 13.8. The average Bonchev–Trinajstić information content (AvgIpc) is 2.88. The lowest BCUT2D eigenvalue weighted by Crippen LogP contribution is -2.40. The van der Waals surface area contributed by atoms with Crippen molar-refractivity contribution in [1.29, 1.82) is 0 Å². The van der Waals surface area contributed by atoms with E-state index in [0.717, 1.165) is 19.5 Å². The normalized spacial score (nSPS) is 23.2. The van der Waals surface area contributed by atoms with Crippen LogP contribution in [0.1, 0.15) is 31.7 Å². The number of benzene rings is 1. The SMILES string of the molecule is CCN(Cc1cc(Cl)ccc1F)C1CCCC1CN.